The molecule has 27 heavy (non-hydrogen) atoms. The van der Waals surface area contributed by atoms with Crippen molar-refractivity contribution in [2.75, 3.05) is 6.61 Å². The summed E-state index contributed by atoms with van der Waals surface area (Å²) in [6, 6.07) is 11.0. The van der Waals surface area contributed by atoms with Crippen LogP contribution in [0.3, 0.4) is 0 Å². The molecule has 7 heteroatoms. The number of carbonyl (C=O) groups is 1. The summed E-state index contributed by atoms with van der Waals surface area (Å²) in [4.78, 5) is 12.1. The van der Waals surface area contributed by atoms with Gasteiger partial charge in [0.15, 0.2) is 0 Å². The lowest BCUT2D eigenvalue weighted by molar-refractivity contribution is -0.274. The van der Waals surface area contributed by atoms with Gasteiger partial charge in [0.25, 0.3) is 0 Å². The normalized spacial score (nSPS) is 14.5. The highest BCUT2D eigenvalue weighted by molar-refractivity contribution is 5.92. The lowest BCUT2D eigenvalue weighted by Crippen LogP contribution is -2.24. The third kappa shape index (κ3) is 5.26. The molecule has 1 N–H and O–H groups in total. The zero-order chi connectivity index (χ0) is 19.4. The second-order valence-electron chi connectivity index (χ2n) is 6.15. The van der Waals surface area contributed by atoms with Crippen LogP contribution in [0.25, 0.3) is 6.08 Å². The van der Waals surface area contributed by atoms with E-state index < -0.39 is 6.36 Å². The minimum atomic E-state index is -4.75. The summed E-state index contributed by atoms with van der Waals surface area (Å²) in [6.07, 6.45) is -1.20. The van der Waals surface area contributed by atoms with Crippen LogP contribution in [0.1, 0.15) is 29.7 Å². The van der Waals surface area contributed by atoms with Crippen LogP contribution in [0.15, 0.2) is 48.5 Å². The molecule has 0 saturated carbocycles. The van der Waals surface area contributed by atoms with Crippen molar-refractivity contribution in [3.05, 3.63) is 65.2 Å². The van der Waals surface area contributed by atoms with Gasteiger partial charge in [-0.25, -0.2) is 0 Å². The summed E-state index contributed by atoms with van der Waals surface area (Å²) in [5.41, 5.74) is 2.50. The summed E-state index contributed by atoms with van der Waals surface area (Å²) >= 11 is 0. The molecule has 0 aliphatic carbocycles. The van der Waals surface area contributed by atoms with Gasteiger partial charge in [-0.3, -0.25) is 4.79 Å². The molecule has 142 valence electrons. The molecule has 2 aromatic rings. The Labute approximate surface area is 154 Å². The van der Waals surface area contributed by atoms with Crippen LogP contribution in [0.5, 0.6) is 11.5 Å². The van der Waals surface area contributed by atoms with Crippen molar-refractivity contribution < 1.29 is 27.4 Å². The Hall–Kier alpha value is -2.96. The molecule has 3 rings (SSSR count). The molecule has 0 bridgehead atoms. The van der Waals surface area contributed by atoms with E-state index in [-0.39, 0.29) is 17.7 Å². The molecule has 1 aliphatic rings. The molecule has 1 unspecified atom stereocenters. The molecule has 1 amide bonds. The number of benzene rings is 2. The molecular formula is C20H18F3NO3. The highest BCUT2D eigenvalue weighted by Gasteiger charge is 2.31. The number of carbonyl (C=O) groups excluding carboxylic acids is 1. The van der Waals surface area contributed by atoms with E-state index in [0.717, 1.165) is 23.3 Å². The zero-order valence-electron chi connectivity index (χ0n) is 14.5. The highest BCUT2D eigenvalue weighted by Crippen LogP contribution is 2.28. The van der Waals surface area contributed by atoms with E-state index >= 15 is 0 Å². The Morgan fingerprint density at radius 2 is 2.07 bits per heavy atom. The predicted octanol–water partition coefficient (Wildman–Crippen LogP) is 4.41. The van der Waals surface area contributed by atoms with Crippen LogP contribution < -0.4 is 14.8 Å². The third-order valence-corrected chi connectivity index (χ3v) is 4.09. The van der Waals surface area contributed by atoms with Crippen molar-refractivity contribution in [2.24, 2.45) is 0 Å². The Morgan fingerprint density at radius 1 is 1.26 bits per heavy atom. The molecule has 1 atom stereocenters. The molecule has 0 saturated heterocycles. The summed E-state index contributed by atoms with van der Waals surface area (Å²) in [6.45, 7) is 2.53. The van der Waals surface area contributed by atoms with Crippen LogP contribution >= 0.6 is 0 Å². The summed E-state index contributed by atoms with van der Waals surface area (Å²) in [5.74, 6) is 0.193. The lowest BCUT2D eigenvalue weighted by Gasteiger charge is -2.14. The van der Waals surface area contributed by atoms with E-state index in [1.165, 1.54) is 30.4 Å². The zero-order valence-corrected chi connectivity index (χ0v) is 14.5. The maximum atomic E-state index is 12.3. The Balaban J connectivity index is 1.61. The van der Waals surface area contributed by atoms with Crippen LogP contribution in [-0.4, -0.2) is 18.9 Å². The average molecular weight is 377 g/mol. The monoisotopic (exact) mass is 377 g/mol. The Bertz CT molecular complexity index is 862. The van der Waals surface area contributed by atoms with Crippen molar-refractivity contribution in [1.82, 2.24) is 5.32 Å². The Kier molecular flexibility index (Phi) is 5.39. The maximum Gasteiger partial charge on any atom is 0.573 e. The predicted molar refractivity (Wildman–Crippen MR) is 94.4 cm³/mol. The van der Waals surface area contributed by atoms with Gasteiger partial charge in [-0.05, 0) is 54.0 Å². The van der Waals surface area contributed by atoms with Crippen molar-refractivity contribution >= 4 is 12.0 Å². The van der Waals surface area contributed by atoms with Gasteiger partial charge in [0.05, 0.1) is 12.6 Å². The van der Waals surface area contributed by atoms with Gasteiger partial charge in [-0.15, -0.1) is 13.2 Å². The number of hydrogen-bond acceptors (Lipinski definition) is 3. The minimum Gasteiger partial charge on any atom is -0.493 e. The minimum absolute atomic E-state index is 0.215. The van der Waals surface area contributed by atoms with E-state index in [2.05, 4.69) is 10.1 Å². The molecule has 1 heterocycles. The fourth-order valence-corrected chi connectivity index (χ4v) is 2.81. The van der Waals surface area contributed by atoms with Crippen LogP contribution in [-0.2, 0) is 11.2 Å². The topological polar surface area (TPSA) is 47.6 Å². The summed E-state index contributed by atoms with van der Waals surface area (Å²) in [5, 5.41) is 2.83. The van der Waals surface area contributed by atoms with Crippen molar-refractivity contribution in [2.45, 2.75) is 25.7 Å². The quantitative estimate of drug-likeness (QED) is 0.785. The fraction of sp³-hybridized carbons (Fsp3) is 0.250. The maximum absolute atomic E-state index is 12.3. The SMILES string of the molecule is CC(NC(=O)/C=C/c1cccc(OC(F)(F)F)c1)c1ccc2c(c1)CCO2. The van der Waals surface area contributed by atoms with E-state index in [1.54, 1.807) is 6.07 Å². The van der Waals surface area contributed by atoms with Crippen LogP contribution in [0, 0.1) is 0 Å². The van der Waals surface area contributed by atoms with Gasteiger partial charge in [0.2, 0.25) is 5.91 Å². The highest BCUT2D eigenvalue weighted by atomic mass is 19.4. The summed E-state index contributed by atoms with van der Waals surface area (Å²) in [7, 11) is 0. The largest absolute Gasteiger partial charge is 0.573 e. The van der Waals surface area contributed by atoms with E-state index in [1.807, 2.05) is 25.1 Å². The molecule has 0 spiro atoms. The van der Waals surface area contributed by atoms with E-state index in [9.17, 15) is 18.0 Å². The number of amides is 1. The number of alkyl halides is 3. The molecule has 0 fully saturated rings. The van der Waals surface area contributed by atoms with Crippen molar-refractivity contribution in [3.8, 4) is 11.5 Å². The van der Waals surface area contributed by atoms with E-state index in [0.29, 0.717) is 12.2 Å². The second kappa shape index (κ2) is 7.73. The number of ether oxygens (including phenoxy) is 2. The first-order valence-corrected chi connectivity index (χ1v) is 8.40. The number of rotatable bonds is 5. The van der Waals surface area contributed by atoms with Gasteiger partial charge in [-0.1, -0.05) is 18.2 Å². The van der Waals surface area contributed by atoms with Gasteiger partial charge in [-0.2, -0.15) is 0 Å². The Morgan fingerprint density at radius 3 is 2.85 bits per heavy atom. The summed E-state index contributed by atoms with van der Waals surface area (Å²) < 4.78 is 46.1. The number of hydrogen-bond donors (Lipinski definition) is 1. The number of fused-ring (bicyclic) bond motifs is 1. The van der Waals surface area contributed by atoms with E-state index in [4.69, 9.17) is 4.74 Å². The van der Waals surface area contributed by atoms with Gasteiger partial charge < -0.3 is 14.8 Å². The number of halogens is 3. The van der Waals surface area contributed by atoms with Crippen molar-refractivity contribution in [3.63, 3.8) is 0 Å². The van der Waals surface area contributed by atoms with Crippen molar-refractivity contribution in [1.29, 1.82) is 0 Å². The van der Waals surface area contributed by atoms with Gasteiger partial charge in [0.1, 0.15) is 11.5 Å². The smallest absolute Gasteiger partial charge is 0.493 e. The molecule has 1 aliphatic heterocycles. The van der Waals surface area contributed by atoms with Gasteiger partial charge in [0, 0.05) is 12.5 Å². The molecule has 4 nitrogen and oxygen atoms in total. The molecule has 0 radical (unpaired) electrons. The van der Waals surface area contributed by atoms with Crippen LogP contribution in [0.4, 0.5) is 13.2 Å². The molecule has 0 aromatic heterocycles. The van der Waals surface area contributed by atoms with Crippen LogP contribution in [0.2, 0.25) is 0 Å². The first-order chi connectivity index (χ1) is 12.8. The first kappa shape index (κ1) is 18.8. The first-order valence-electron chi connectivity index (χ1n) is 8.40. The fourth-order valence-electron chi connectivity index (χ4n) is 2.81. The second-order valence-corrected chi connectivity index (χ2v) is 6.15. The molecule has 2 aromatic carbocycles. The number of nitrogens with one attached hydrogen (secondary N) is 1. The molecular weight excluding hydrogens is 359 g/mol. The standard InChI is InChI=1S/C20H18F3NO3/c1-13(15-6-7-18-16(12-15)9-10-26-18)24-19(25)8-5-14-3-2-4-17(11-14)27-20(21,22)23/h2-8,11-13H,9-10H2,1H3,(H,24,25)/b8-5+. The average Bonchev–Trinajstić information content (AvgIpc) is 3.06. The lowest BCUT2D eigenvalue weighted by atomic mass is 10.0. The third-order valence-electron chi connectivity index (χ3n) is 4.09. The van der Waals surface area contributed by atoms with Gasteiger partial charge >= 0.3 is 6.36 Å².